The first kappa shape index (κ1) is 20.2. The van der Waals surface area contributed by atoms with E-state index in [0.29, 0.717) is 27.9 Å². The van der Waals surface area contributed by atoms with Crippen molar-refractivity contribution in [2.24, 2.45) is 5.10 Å². The van der Waals surface area contributed by atoms with Crippen molar-refractivity contribution < 1.29 is 28.6 Å². The Labute approximate surface area is 169 Å². The number of nitrogens with one attached hydrogen (secondary N) is 1. The van der Waals surface area contributed by atoms with Crippen LogP contribution in [-0.4, -0.2) is 47.7 Å². The number of ether oxygens (including phenoxy) is 2. The molecule has 0 bridgehead atoms. The first-order chi connectivity index (χ1) is 14.0. The SMILES string of the molecule is COc1cc(/C=N\NC(=O)CSc2nc3ccccc3o2)ccc1OCC(=O)O. The summed E-state index contributed by atoms with van der Waals surface area (Å²) in [6.07, 6.45) is 1.44. The van der Waals surface area contributed by atoms with Crippen LogP contribution in [0.25, 0.3) is 11.1 Å². The van der Waals surface area contributed by atoms with Gasteiger partial charge >= 0.3 is 5.97 Å². The molecule has 1 amide bonds. The summed E-state index contributed by atoms with van der Waals surface area (Å²) in [5.74, 6) is -0.660. The third-order valence-corrected chi connectivity index (χ3v) is 4.37. The summed E-state index contributed by atoms with van der Waals surface area (Å²) >= 11 is 1.17. The van der Waals surface area contributed by atoms with Gasteiger partial charge in [0.2, 0.25) is 0 Å². The second kappa shape index (κ2) is 9.60. The van der Waals surface area contributed by atoms with E-state index in [1.165, 1.54) is 25.1 Å². The van der Waals surface area contributed by atoms with Gasteiger partial charge in [-0.2, -0.15) is 5.10 Å². The number of para-hydroxylation sites is 2. The maximum Gasteiger partial charge on any atom is 0.341 e. The number of hydrazone groups is 1. The minimum absolute atomic E-state index is 0.0927. The third-order valence-electron chi connectivity index (χ3n) is 3.54. The molecule has 10 heteroatoms. The summed E-state index contributed by atoms with van der Waals surface area (Å²) in [7, 11) is 1.44. The first-order valence-electron chi connectivity index (χ1n) is 8.38. The topological polar surface area (TPSA) is 123 Å². The second-order valence-corrected chi connectivity index (χ2v) is 6.55. The number of rotatable bonds is 9. The number of carbonyl (C=O) groups is 2. The highest BCUT2D eigenvalue weighted by molar-refractivity contribution is 7.99. The highest BCUT2D eigenvalue weighted by Crippen LogP contribution is 2.27. The number of carboxylic acids is 1. The molecular weight excluding hydrogens is 398 g/mol. The molecule has 29 heavy (non-hydrogen) atoms. The molecule has 0 radical (unpaired) electrons. The summed E-state index contributed by atoms with van der Waals surface area (Å²) in [6, 6.07) is 12.2. The van der Waals surface area contributed by atoms with Gasteiger partial charge in [0.1, 0.15) is 5.52 Å². The minimum Gasteiger partial charge on any atom is -0.493 e. The van der Waals surface area contributed by atoms with Gasteiger partial charge in [0.15, 0.2) is 23.7 Å². The minimum atomic E-state index is -1.09. The fraction of sp³-hybridized carbons (Fsp3) is 0.158. The lowest BCUT2D eigenvalue weighted by atomic mass is 10.2. The van der Waals surface area contributed by atoms with E-state index in [9.17, 15) is 9.59 Å². The van der Waals surface area contributed by atoms with Gasteiger partial charge in [-0.15, -0.1) is 0 Å². The highest BCUT2D eigenvalue weighted by Gasteiger charge is 2.09. The monoisotopic (exact) mass is 415 g/mol. The van der Waals surface area contributed by atoms with Crippen LogP contribution in [0.5, 0.6) is 11.5 Å². The van der Waals surface area contributed by atoms with Crippen LogP contribution >= 0.6 is 11.8 Å². The van der Waals surface area contributed by atoms with Crippen LogP contribution in [0.1, 0.15) is 5.56 Å². The quantitative estimate of drug-likeness (QED) is 0.310. The van der Waals surface area contributed by atoms with E-state index in [1.54, 1.807) is 18.2 Å². The zero-order valence-electron chi connectivity index (χ0n) is 15.3. The van der Waals surface area contributed by atoms with Gasteiger partial charge in [-0.05, 0) is 35.9 Å². The number of methoxy groups -OCH3 is 1. The molecule has 0 fully saturated rings. The summed E-state index contributed by atoms with van der Waals surface area (Å²) in [4.78, 5) is 26.8. The molecule has 0 saturated carbocycles. The number of aromatic nitrogens is 1. The number of benzene rings is 2. The van der Waals surface area contributed by atoms with E-state index in [1.807, 2.05) is 24.3 Å². The summed E-state index contributed by atoms with van der Waals surface area (Å²) in [5, 5.41) is 13.0. The maximum atomic E-state index is 11.9. The van der Waals surface area contributed by atoms with Crippen LogP contribution in [0.2, 0.25) is 0 Å². The molecule has 3 aromatic rings. The second-order valence-electron chi connectivity index (χ2n) is 5.62. The average molecular weight is 415 g/mol. The molecule has 0 aliphatic heterocycles. The van der Waals surface area contributed by atoms with E-state index < -0.39 is 12.6 Å². The molecule has 0 atom stereocenters. The number of carboxylic acid groups (broad SMARTS) is 1. The molecule has 150 valence electrons. The predicted molar refractivity (Wildman–Crippen MR) is 107 cm³/mol. The predicted octanol–water partition coefficient (Wildman–Crippen LogP) is 2.54. The van der Waals surface area contributed by atoms with Crippen molar-refractivity contribution in [3.8, 4) is 11.5 Å². The lowest BCUT2D eigenvalue weighted by Crippen LogP contribution is -2.19. The van der Waals surface area contributed by atoms with Crippen LogP contribution in [0.15, 0.2) is 57.2 Å². The molecule has 0 spiro atoms. The van der Waals surface area contributed by atoms with Crippen molar-refractivity contribution in [3.05, 3.63) is 48.0 Å². The van der Waals surface area contributed by atoms with Gasteiger partial charge in [0.05, 0.1) is 19.1 Å². The van der Waals surface area contributed by atoms with E-state index in [2.05, 4.69) is 15.5 Å². The Bertz CT molecular complexity index is 1020. The largest absolute Gasteiger partial charge is 0.493 e. The van der Waals surface area contributed by atoms with E-state index in [-0.39, 0.29) is 11.7 Å². The van der Waals surface area contributed by atoms with Crippen molar-refractivity contribution in [3.63, 3.8) is 0 Å². The van der Waals surface area contributed by atoms with Gasteiger partial charge in [-0.1, -0.05) is 23.9 Å². The number of aliphatic carboxylic acids is 1. The number of amides is 1. The number of hydrogen-bond acceptors (Lipinski definition) is 8. The number of fused-ring (bicyclic) bond motifs is 1. The van der Waals surface area contributed by atoms with Crippen molar-refractivity contribution in [2.45, 2.75) is 5.22 Å². The molecule has 9 nitrogen and oxygen atoms in total. The fourth-order valence-electron chi connectivity index (χ4n) is 2.27. The Morgan fingerprint density at radius 2 is 2.10 bits per heavy atom. The molecule has 0 aliphatic carbocycles. The highest BCUT2D eigenvalue weighted by atomic mass is 32.2. The number of hydrogen-bond donors (Lipinski definition) is 2. The summed E-state index contributed by atoms with van der Waals surface area (Å²) in [5.41, 5.74) is 4.45. The zero-order valence-corrected chi connectivity index (χ0v) is 16.1. The fourth-order valence-corrected chi connectivity index (χ4v) is 2.91. The first-order valence-corrected chi connectivity index (χ1v) is 9.36. The Hall–Kier alpha value is -3.53. The Morgan fingerprint density at radius 3 is 2.86 bits per heavy atom. The number of carbonyl (C=O) groups excluding carboxylic acids is 1. The Kier molecular flexibility index (Phi) is 6.69. The molecule has 1 heterocycles. The van der Waals surface area contributed by atoms with Crippen molar-refractivity contribution in [1.29, 1.82) is 0 Å². The smallest absolute Gasteiger partial charge is 0.341 e. The molecular formula is C19H17N3O6S. The molecule has 0 unspecified atom stereocenters. The van der Waals surface area contributed by atoms with Crippen molar-refractivity contribution >= 4 is 41.0 Å². The van der Waals surface area contributed by atoms with Gasteiger partial charge in [0, 0.05) is 0 Å². The van der Waals surface area contributed by atoms with Crippen LogP contribution < -0.4 is 14.9 Å². The Morgan fingerprint density at radius 1 is 1.28 bits per heavy atom. The standard InChI is InChI=1S/C19H17N3O6S/c1-26-16-8-12(6-7-15(16)27-10-18(24)25)9-20-22-17(23)11-29-19-21-13-4-2-3-5-14(13)28-19/h2-9H,10-11H2,1H3,(H,22,23)(H,24,25)/b20-9-. The zero-order chi connectivity index (χ0) is 20.6. The maximum absolute atomic E-state index is 11.9. The van der Waals surface area contributed by atoms with Gasteiger partial charge < -0.3 is 19.0 Å². The van der Waals surface area contributed by atoms with Gasteiger partial charge in [0.25, 0.3) is 11.1 Å². The van der Waals surface area contributed by atoms with E-state index in [4.69, 9.17) is 19.0 Å². The van der Waals surface area contributed by atoms with E-state index in [0.717, 1.165) is 5.52 Å². The lowest BCUT2D eigenvalue weighted by Gasteiger charge is -2.09. The van der Waals surface area contributed by atoms with Crippen LogP contribution in [-0.2, 0) is 9.59 Å². The van der Waals surface area contributed by atoms with Gasteiger partial charge in [-0.25, -0.2) is 15.2 Å². The molecule has 1 aromatic heterocycles. The van der Waals surface area contributed by atoms with Gasteiger partial charge in [-0.3, -0.25) is 4.79 Å². The third kappa shape index (κ3) is 5.72. The molecule has 2 aromatic carbocycles. The van der Waals surface area contributed by atoms with Crippen molar-refractivity contribution in [1.82, 2.24) is 10.4 Å². The number of nitrogens with zero attached hydrogens (tertiary/aromatic N) is 2. The molecule has 3 rings (SSSR count). The molecule has 2 N–H and O–H groups in total. The van der Waals surface area contributed by atoms with Crippen molar-refractivity contribution in [2.75, 3.05) is 19.5 Å². The van der Waals surface area contributed by atoms with E-state index >= 15 is 0 Å². The van der Waals surface area contributed by atoms with Crippen LogP contribution in [0.4, 0.5) is 0 Å². The van der Waals surface area contributed by atoms with Crippen LogP contribution in [0, 0.1) is 0 Å². The summed E-state index contributed by atoms with van der Waals surface area (Å²) in [6.45, 7) is -0.475. The lowest BCUT2D eigenvalue weighted by molar-refractivity contribution is -0.139. The summed E-state index contributed by atoms with van der Waals surface area (Å²) < 4.78 is 15.8. The number of thioether (sulfide) groups is 1. The average Bonchev–Trinajstić information content (AvgIpc) is 3.14. The Balaban J connectivity index is 1.51. The number of oxazole rings is 1. The molecule has 0 saturated heterocycles. The molecule has 0 aliphatic rings. The van der Waals surface area contributed by atoms with Crippen LogP contribution in [0.3, 0.4) is 0 Å². The normalized spacial score (nSPS) is 10.9.